The summed E-state index contributed by atoms with van der Waals surface area (Å²) in [6.45, 7) is 8.22. The fraction of sp³-hybridized carbons (Fsp3) is 0.154. The Kier molecular flexibility index (Phi) is 10.2. The van der Waals surface area contributed by atoms with Crippen molar-refractivity contribution in [2.24, 2.45) is 0 Å². The summed E-state index contributed by atoms with van der Waals surface area (Å²) < 4.78 is 93.6. The summed E-state index contributed by atoms with van der Waals surface area (Å²) >= 11 is 0. The van der Waals surface area contributed by atoms with Crippen LogP contribution in [0.3, 0.4) is 0 Å². The van der Waals surface area contributed by atoms with Crippen LogP contribution in [-0.4, -0.2) is 12.4 Å². The fourth-order valence-electron chi connectivity index (χ4n) is 8.17. The van der Waals surface area contributed by atoms with Gasteiger partial charge in [0.15, 0.2) is 0 Å². The Balaban J connectivity index is 1.26. The zero-order valence-electron chi connectivity index (χ0n) is 33.5. The number of alkyl halides is 6. The standard InChI is InChI=1S/C52H42F6N2/c1-35-19-27-41(28-20-35)59(47-17-9-13-36-11-5-7-15-45(36)47)43-31-23-39(24-32-43)50(51(53,54)55,52(56,57)58)40-25-33-44(34-26-40)60(42-29-21-38(22-30-42)49(2,3)4)48-18-10-14-37-12-6-8-16-46(37)48/h5-34H,1-4H3. The van der Waals surface area contributed by atoms with E-state index in [1.54, 1.807) is 0 Å². The minimum absolute atomic E-state index is 0.143. The van der Waals surface area contributed by atoms with Crippen molar-refractivity contribution in [2.45, 2.75) is 50.9 Å². The molecule has 0 radical (unpaired) electrons. The van der Waals surface area contributed by atoms with Crippen LogP contribution in [0, 0.1) is 6.92 Å². The molecule has 0 heterocycles. The van der Waals surface area contributed by atoms with Crippen molar-refractivity contribution in [3.63, 3.8) is 0 Å². The highest BCUT2D eigenvalue weighted by molar-refractivity contribution is 6.00. The van der Waals surface area contributed by atoms with E-state index in [9.17, 15) is 0 Å². The molecule has 8 aromatic rings. The number of anilines is 6. The van der Waals surface area contributed by atoms with Crippen molar-refractivity contribution < 1.29 is 26.3 Å². The predicted octanol–water partition coefficient (Wildman–Crippen LogP) is 15.9. The minimum atomic E-state index is -5.77. The molecular weight excluding hydrogens is 767 g/mol. The summed E-state index contributed by atoms with van der Waals surface area (Å²) in [6.07, 6.45) is -11.5. The number of nitrogens with zero attached hydrogens (tertiary/aromatic N) is 2. The Morgan fingerprint density at radius 3 is 1.02 bits per heavy atom. The molecule has 0 amide bonds. The first-order chi connectivity index (χ1) is 28.6. The molecule has 0 N–H and O–H groups in total. The number of benzene rings is 8. The number of rotatable bonds is 8. The third kappa shape index (κ3) is 7.14. The van der Waals surface area contributed by atoms with Gasteiger partial charge >= 0.3 is 12.4 Å². The summed E-state index contributed by atoms with van der Waals surface area (Å²) in [7, 11) is 0. The molecule has 0 aliphatic rings. The van der Waals surface area contributed by atoms with Crippen LogP contribution in [0.2, 0.25) is 0 Å². The van der Waals surface area contributed by atoms with Gasteiger partial charge in [-0.1, -0.05) is 148 Å². The topological polar surface area (TPSA) is 6.48 Å². The molecular formula is C52H42F6N2. The maximum Gasteiger partial charge on any atom is 0.411 e. The molecule has 8 rings (SSSR count). The molecule has 0 saturated heterocycles. The second kappa shape index (κ2) is 15.2. The summed E-state index contributed by atoms with van der Waals surface area (Å²) in [5.41, 5.74) is -0.654. The highest BCUT2D eigenvalue weighted by Gasteiger charge is 2.72. The van der Waals surface area contributed by atoms with E-state index >= 15 is 26.3 Å². The van der Waals surface area contributed by atoms with Gasteiger partial charge in [0.25, 0.3) is 0 Å². The number of fused-ring (bicyclic) bond motifs is 2. The zero-order chi connectivity index (χ0) is 42.5. The number of aryl methyl sites for hydroxylation is 1. The van der Waals surface area contributed by atoms with Crippen LogP contribution in [-0.2, 0) is 10.8 Å². The molecule has 8 aromatic carbocycles. The number of hydrogen-bond donors (Lipinski definition) is 0. The molecule has 0 aliphatic heterocycles. The first-order valence-electron chi connectivity index (χ1n) is 19.7. The van der Waals surface area contributed by atoms with Gasteiger partial charge in [-0.3, -0.25) is 0 Å². The van der Waals surface area contributed by atoms with E-state index in [1.165, 1.54) is 24.3 Å². The molecule has 0 unspecified atom stereocenters. The quantitative estimate of drug-likeness (QED) is 0.141. The molecule has 2 nitrogen and oxygen atoms in total. The Labute approximate surface area is 346 Å². The highest BCUT2D eigenvalue weighted by atomic mass is 19.4. The normalized spacial score (nSPS) is 12.5. The summed E-state index contributed by atoms with van der Waals surface area (Å²) in [4.78, 5) is 3.71. The van der Waals surface area contributed by atoms with Crippen LogP contribution in [0.1, 0.15) is 43.0 Å². The Bertz CT molecular complexity index is 2740. The molecule has 0 aliphatic carbocycles. The lowest BCUT2D eigenvalue weighted by molar-refractivity contribution is -0.288. The molecule has 0 saturated carbocycles. The van der Waals surface area contributed by atoms with Crippen LogP contribution in [0.25, 0.3) is 21.5 Å². The van der Waals surface area contributed by atoms with Gasteiger partial charge in [-0.15, -0.1) is 0 Å². The van der Waals surface area contributed by atoms with E-state index in [0.29, 0.717) is 22.7 Å². The minimum Gasteiger partial charge on any atom is -0.310 e. The molecule has 0 bridgehead atoms. The Hall–Kier alpha value is -6.54. The van der Waals surface area contributed by atoms with Crippen LogP contribution in [0.4, 0.5) is 60.5 Å². The van der Waals surface area contributed by atoms with Crippen LogP contribution < -0.4 is 9.80 Å². The van der Waals surface area contributed by atoms with Crippen LogP contribution >= 0.6 is 0 Å². The van der Waals surface area contributed by atoms with E-state index in [0.717, 1.165) is 68.3 Å². The van der Waals surface area contributed by atoms with E-state index in [-0.39, 0.29) is 5.41 Å². The van der Waals surface area contributed by atoms with E-state index < -0.39 is 28.9 Å². The second-order valence-corrected chi connectivity index (χ2v) is 16.1. The van der Waals surface area contributed by atoms with Gasteiger partial charge < -0.3 is 9.80 Å². The number of hydrogen-bond acceptors (Lipinski definition) is 2. The van der Waals surface area contributed by atoms with Crippen molar-refractivity contribution in [1.82, 2.24) is 0 Å². The SMILES string of the molecule is Cc1ccc(N(c2ccc(C(c3ccc(N(c4ccc(C(C)(C)C)cc4)c4cccc5ccccc45)cc3)(C(F)(F)F)C(F)(F)F)cc2)c2cccc3ccccc23)cc1. The lowest BCUT2D eigenvalue weighted by Crippen LogP contribution is -2.54. The van der Waals surface area contributed by atoms with Crippen molar-refractivity contribution in [2.75, 3.05) is 9.80 Å². The third-order valence-electron chi connectivity index (χ3n) is 11.3. The van der Waals surface area contributed by atoms with Crippen LogP contribution in [0.5, 0.6) is 0 Å². The van der Waals surface area contributed by atoms with Crippen molar-refractivity contribution >= 4 is 55.7 Å². The Morgan fingerprint density at radius 2 is 0.667 bits per heavy atom. The van der Waals surface area contributed by atoms with Gasteiger partial charge in [-0.25, -0.2) is 0 Å². The molecule has 302 valence electrons. The van der Waals surface area contributed by atoms with Crippen LogP contribution in [0.15, 0.2) is 182 Å². The molecule has 60 heavy (non-hydrogen) atoms. The van der Waals surface area contributed by atoms with E-state index in [4.69, 9.17) is 0 Å². The van der Waals surface area contributed by atoms with Gasteiger partial charge in [-0.05, 0) is 100 Å². The lowest BCUT2D eigenvalue weighted by Gasteiger charge is -2.39. The fourth-order valence-corrected chi connectivity index (χ4v) is 8.17. The predicted molar refractivity (Wildman–Crippen MR) is 234 cm³/mol. The van der Waals surface area contributed by atoms with Crippen molar-refractivity contribution in [3.05, 3.63) is 204 Å². The molecule has 0 aromatic heterocycles. The maximum atomic E-state index is 15.6. The largest absolute Gasteiger partial charge is 0.411 e. The molecule has 0 atom stereocenters. The Morgan fingerprint density at radius 1 is 0.350 bits per heavy atom. The zero-order valence-corrected chi connectivity index (χ0v) is 33.5. The van der Waals surface area contributed by atoms with Gasteiger partial charge in [0.1, 0.15) is 0 Å². The van der Waals surface area contributed by atoms with Crippen molar-refractivity contribution in [1.29, 1.82) is 0 Å². The average molecular weight is 809 g/mol. The summed E-state index contributed by atoms with van der Waals surface area (Å²) in [5.74, 6) is 0. The van der Waals surface area contributed by atoms with Gasteiger partial charge in [0.05, 0.1) is 11.4 Å². The summed E-state index contributed by atoms with van der Waals surface area (Å²) in [6, 6.07) is 51.4. The highest BCUT2D eigenvalue weighted by Crippen LogP contribution is 2.57. The molecule has 0 spiro atoms. The smallest absolute Gasteiger partial charge is 0.310 e. The maximum absolute atomic E-state index is 15.6. The summed E-state index contributed by atoms with van der Waals surface area (Å²) in [5, 5.41) is 3.60. The van der Waals surface area contributed by atoms with Crippen molar-refractivity contribution in [3.8, 4) is 0 Å². The first kappa shape index (κ1) is 40.2. The number of halogens is 6. The molecule has 0 fully saturated rings. The monoisotopic (exact) mass is 808 g/mol. The van der Waals surface area contributed by atoms with E-state index in [2.05, 4.69) is 20.8 Å². The first-order valence-corrected chi connectivity index (χ1v) is 19.7. The second-order valence-electron chi connectivity index (χ2n) is 16.1. The molecule has 8 heteroatoms. The van der Waals surface area contributed by atoms with E-state index in [1.807, 2.05) is 150 Å². The lowest BCUT2D eigenvalue weighted by atomic mass is 9.72. The van der Waals surface area contributed by atoms with Gasteiger partial charge in [-0.2, -0.15) is 26.3 Å². The average Bonchev–Trinajstić information content (AvgIpc) is 3.22. The van der Waals surface area contributed by atoms with Gasteiger partial charge in [0, 0.05) is 33.5 Å². The third-order valence-corrected chi connectivity index (χ3v) is 11.3. The van der Waals surface area contributed by atoms with Gasteiger partial charge in [0.2, 0.25) is 5.41 Å².